The average molecular weight is 990 g/mol. The Kier molecular flexibility index (Phi) is 14.5. The van der Waals surface area contributed by atoms with E-state index in [9.17, 15) is 28.8 Å². The van der Waals surface area contributed by atoms with Crippen molar-refractivity contribution in [1.82, 2.24) is 10.6 Å². The van der Waals surface area contributed by atoms with E-state index in [1.807, 2.05) is 54.6 Å². The van der Waals surface area contributed by atoms with Crippen LogP contribution in [0.1, 0.15) is 82.5 Å². The molecule has 5 aromatic carbocycles. The van der Waals surface area contributed by atoms with E-state index in [2.05, 4.69) is 20.7 Å². The van der Waals surface area contributed by atoms with Gasteiger partial charge in [-0.2, -0.15) is 0 Å². The molecule has 5 aromatic rings. The summed E-state index contributed by atoms with van der Waals surface area (Å²) < 4.78 is 28.9. The van der Waals surface area contributed by atoms with Gasteiger partial charge in [-0.25, -0.2) is 0 Å². The minimum atomic E-state index is -1.03. The molecule has 5 amide bonds. The summed E-state index contributed by atoms with van der Waals surface area (Å²) in [4.78, 5) is 91.9. The van der Waals surface area contributed by atoms with Crippen molar-refractivity contribution >= 4 is 76.4 Å². The summed E-state index contributed by atoms with van der Waals surface area (Å²) in [6.07, 6.45) is 6.04. The number of para-hydroxylation sites is 2. The van der Waals surface area contributed by atoms with Crippen LogP contribution in [0.4, 0.5) is 28.4 Å². The van der Waals surface area contributed by atoms with Crippen molar-refractivity contribution < 1.29 is 52.5 Å². The standard InChI is InChI=1S/C55H55N7O11/c1-31(58-50(63)16-10-11-17-51(64)71-5)52(65)59-32(2)53(66)60-37-19-33(29-72-48-25-42-40(23-46(48)69-3)54(67)61-38(27-56-42)21-35-12-6-8-14-44(35)61)18-34(20-37)30-73-49-26-43-41(24-47(49)70-4)55(68)62-39(28-57-43)22-36-13-7-9-15-45(36)62/h6-9,12-15,18-20,23-28,31-32,38-39H,10-11,16-17,21-22,29-30H2,1-5H3,(H,58,63)(H,59,65)(H,60,66)/t31?,32?,38-,39-/m0/s1. The van der Waals surface area contributed by atoms with Crippen molar-refractivity contribution in [1.29, 1.82) is 0 Å². The van der Waals surface area contributed by atoms with Gasteiger partial charge in [0.1, 0.15) is 25.3 Å². The molecule has 4 aliphatic heterocycles. The Morgan fingerprint density at radius 3 is 1.62 bits per heavy atom. The van der Waals surface area contributed by atoms with E-state index >= 15 is 0 Å². The Hall–Kier alpha value is -8.54. The maximum Gasteiger partial charge on any atom is 0.305 e. The van der Waals surface area contributed by atoms with Gasteiger partial charge in [-0.1, -0.05) is 36.4 Å². The first kappa shape index (κ1) is 49.4. The Morgan fingerprint density at radius 2 is 1.11 bits per heavy atom. The molecule has 0 aliphatic carbocycles. The molecular weight excluding hydrogens is 935 g/mol. The van der Waals surface area contributed by atoms with Crippen molar-refractivity contribution in [3.63, 3.8) is 0 Å². The van der Waals surface area contributed by atoms with Gasteiger partial charge in [0.2, 0.25) is 17.7 Å². The zero-order chi connectivity index (χ0) is 51.3. The number of unbranched alkanes of at least 4 members (excludes halogenated alkanes) is 1. The molecule has 0 aromatic heterocycles. The maximum atomic E-state index is 14.1. The number of esters is 1. The van der Waals surface area contributed by atoms with Crippen LogP contribution < -0.4 is 44.7 Å². The third kappa shape index (κ3) is 10.6. The van der Waals surface area contributed by atoms with Gasteiger partial charge in [-0.15, -0.1) is 0 Å². The van der Waals surface area contributed by atoms with Crippen LogP contribution in [0.25, 0.3) is 0 Å². The highest BCUT2D eigenvalue weighted by atomic mass is 16.5. The van der Waals surface area contributed by atoms with Crippen LogP contribution in [0.15, 0.2) is 101 Å². The molecule has 0 saturated heterocycles. The fraction of sp³-hybridized carbons (Fsp3) is 0.309. The number of rotatable bonds is 18. The number of aliphatic imine (C=N–C) groups is 2. The molecule has 9 rings (SSSR count). The van der Waals surface area contributed by atoms with Crippen LogP contribution in [0.3, 0.4) is 0 Å². The second-order valence-electron chi connectivity index (χ2n) is 18.2. The maximum absolute atomic E-state index is 14.1. The van der Waals surface area contributed by atoms with E-state index in [1.54, 1.807) is 58.6 Å². The minimum Gasteiger partial charge on any atom is -0.493 e. The quantitative estimate of drug-likeness (QED) is 0.0594. The Labute approximate surface area is 421 Å². The van der Waals surface area contributed by atoms with Crippen LogP contribution in [-0.4, -0.2) is 93.4 Å². The van der Waals surface area contributed by atoms with Gasteiger partial charge in [0, 0.05) is 67.3 Å². The summed E-state index contributed by atoms with van der Waals surface area (Å²) in [6, 6.07) is 25.0. The van der Waals surface area contributed by atoms with Crippen LogP contribution in [0.2, 0.25) is 0 Å². The average Bonchev–Trinajstić information content (AvgIpc) is 3.89. The summed E-state index contributed by atoms with van der Waals surface area (Å²) in [5.74, 6) is -0.971. The summed E-state index contributed by atoms with van der Waals surface area (Å²) in [6.45, 7) is 2.97. The first-order chi connectivity index (χ1) is 35.3. The number of ether oxygens (including phenoxy) is 5. The summed E-state index contributed by atoms with van der Waals surface area (Å²) in [7, 11) is 4.28. The lowest BCUT2D eigenvalue weighted by Gasteiger charge is -2.22. The van der Waals surface area contributed by atoms with Crippen molar-refractivity contribution in [3.05, 3.63) is 124 Å². The highest BCUT2D eigenvalue weighted by Crippen LogP contribution is 2.43. The topological polar surface area (TPSA) is 216 Å². The zero-order valence-corrected chi connectivity index (χ0v) is 41.1. The number of methoxy groups -OCH3 is 3. The second kappa shape index (κ2) is 21.4. The Balaban J connectivity index is 0.934. The molecule has 4 atom stereocenters. The molecular formula is C55H55N7O11. The smallest absolute Gasteiger partial charge is 0.305 e. The largest absolute Gasteiger partial charge is 0.493 e. The normalized spacial score (nSPS) is 16.5. The Bertz CT molecular complexity index is 2920. The molecule has 0 spiro atoms. The van der Waals surface area contributed by atoms with E-state index in [-0.39, 0.29) is 61.8 Å². The summed E-state index contributed by atoms with van der Waals surface area (Å²) in [5, 5.41) is 8.19. The molecule has 0 bridgehead atoms. The molecule has 376 valence electrons. The van der Waals surface area contributed by atoms with Gasteiger partial charge in [-0.05, 0) is 91.4 Å². The number of nitrogens with zero attached hydrogens (tertiary/aromatic N) is 4. The van der Waals surface area contributed by atoms with Crippen molar-refractivity contribution in [3.8, 4) is 23.0 Å². The number of carbonyl (C=O) groups excluding carboxylic acids is 6. The predicted molar refractivity (Wildman–Crippen MR) is 273 cm³/mol. The number of hydrogen-bond donors (Lipinski definition) is 3. The van der Waals surface area contributed by atoms with Crippen LogP contribution in [0, 0.1) is 0 Å². The molecule has 18 heteroatoms. The van der Waals surface area contributed by atoms with Gasteiger partial charge in [0.15, 0.2) is 23.0 Å². The number of anilines is 3. The number of benzene rings is 5. The van der Waals surface area contributed by atoms with Gasteiger partial charge >= 0.3 is 5.97 Å². The summed E-state index contributed by atoms with van der Waals surface area (Å²) in [5.41, 5.74) is 6.97. The number of amides is 5. The van der Waals surface area contributed by atoms with Crippen LogP contribution >= 0.6 is 0 Å². The lowest BCUT2D eigenvalue weighted by atomic mass is 10.1. The second-order valence-corrected chi connectivity index (χ2v) is 18.2. The highest BCUT2D eigenvalue weighted by Gasteiger charge is 2.38. The molecule has 4 aliphatic rings. The van der Waals surface area contributed by atoms with Gasteiger partial charge in [0.05, 0.1) is 55.9 Å². The van der Waals surface area contributed by atoms with Gasteiger partial charge < -0.3 is 39.6 Å². The predicted octanol–water partition coefficient (Wildman–Crippen LogP) is 7.12. The molecule has 0 radical (unpaired) electrons. The number of carbonyl (C=O) groups is 6. The summed E-state index contributed by atoms with van der Waals surface area (Å²) >= 11 is 0. The molecule has 3 N–H and O–H groups in total. The fourth-order valence-corrected chi connectivity index (χ4v) is 9.39. The van der Waals surface area contributed by atoms with Crippen LogP contribution in [0.5, 0.6) is 23.0 Å². The lowest BCUT2D eigenvalue weighted by molar-refractivity contribution is -0.140. The molecule has 2 unspecified atom stereocenters. The molecule has 18 nitrogen and oxygen atoms in total. The van der Waals surface area contributed by atoms with Crippen molar-refractivity contribution in [2.75, 3.05) is 36.4 Å². The van der Waals surface area contributed by atoms with E-state index in [0.717, 1.165) is 22.5 Å². The first-order valence-corrected chi connectivity index (χ1v) is 24.0. The molecule has 0 fully saturated rings. The Morgan fingerprint density at radius 1 is 0.616 bits per heavy atom. The monoisotopic (exact) mass is 989 g/mol. The molecule has 0 saturated carbocycles. The third-order valence-corrected chi connectivity index (χ3v) is 13.2. The number of nitrogens with one attached hydrogen (secondary N) is 3. The zero-order valence-electron chi connectivity index (χ0n) is 41.1. The highest BCUT2D eigenvalue weighted by molar-refractivity contribution is 6.16. The lowest BCUT2D eigenvalue weighted by Crippen LogP contribution is -2.50. The van der Waals surface area contributed by atoms with Gasteiger partial charge in [-0.3, -0.25) is 48.6 Å². The van der Waals surface area contributed by atoms with Crippen molar-refractivity contribution in [2.45, 2.75) is 89.8 Å². The van der Waals surface area contributed by atoms with Gasteiger partial charge in [0.25, 0.3) is 11.8 Å². The fourth-order valence-electron chi connectivity index (χ4n) is 9.39. The van der Waals surface area contributed by atoms with E-state index in [4.69, 9.17) is 28.9 Å². The third-order valence-electron chi connectivity index (χ3n) is 13.2. The molecule has 4 heterocycles. The first-order valence-electron chi connectivity index (χ1n) is 24.0. The number of hydrogen-bond acceptors (Lipinski definition) is 13. The van der Waals surface area contributed by atoms with E-state index in [0.29, 0.717) is 88.0 Å². The number of fused-ring (bicyclic) bond motifs is 8. The van der Waals surface area contributed by atoms with E-state index < -0.39 is 23.9 Å². The van der Waals surface area contributed by atoms with Crippen molar-refractivity contribution in [2.24, 2.45) is 9.98 Å². The van der Waals surface area contributed by atoms with E-state index in [1.165, 1.54) is 35.2 Å². The SMILES string of the molecule is COC(=O)CCCCC(=O)NC(C)C(=O)NC(C)C(=O)Nc1cc(COc2cc3c(cc2OC)C(=O)N2c4ccccc4C[C@H]2C=N3)cc(COc2cc3c(cc2OC)C(=O)N2c4ccccc4C[C@H]2C=N3)c1. The minimum absolute atomic E-state index is 0.0301. The molecule has 73 heavy (non-hydrogen) atoms. The van der Waals surface area contributed by atoms with Crippen LogP contribution in [-0.2, 0) is 50.0 Å².